The molecule has 3 N–H and O–H groups in total. The van der Waals surface area contributed by atoms with E-state index < -0.39 is 11.9 Å². The number of rotatable bonds is 8. The van der Waals surface area contributed by atoms with Gasteiger partial charge in [-0.2, -0.15) is 0 Å². The van der Waals surface area contributed by atoms with Gasteiger partial charge in [-0.25, -0.2) is 9.59 Å². The van der Waals surface area contributed by atoms with Crippen LogP contribution in [0.4, 0.5) is 0 Å². The lowest BCUT2D eigenvalue weighted by atomic mass is 9.95. The minimum Gasteiger partial charge on any atom is -0.473 e. The summed E-state index contributed by atoms with van der Waals surface area (Å²) >= 11 is 0. The molecule has 0 saturated carbocycles. The number of nitrogens with one attached hydrogen (secondary N) is 1. The normalized spacial score (nSPS) is 17.8. The highest BCUT2D eigenvalue weighted by atomic mass is 16.5. The molecule has 2 fully saturated rings. The van der Waals surface area contributed by atoms with E-state index in [4.69, 9.17) is 24.5 Å². The number of carbonyl (C=O) groups excluding carboxylic acids is 1. The molecule has 2 aliphatic rings. The van der Waals surface area contributed by atoms with Gasteiger partial charge in [-0.15, -0.1) is 0 Å². The van der Waals surface area contributed by atoms with Crippen LogP contribution in [0.5, 0.6) is 0 Å². The van der Waals surface area contributed by atoms with E-state index in [-0.39, 0.29) is 11.8 Å². The van der Waals surface area contributed by atoms with E-state index in [1.807, 2.05) is 0 Å². The lowest BCUT2D eigenvalue weighted by Gasteiger charge is -2.31. The summed E-state index contributed by atoms with van der Waals surface area (Å²) in [4.78, 5) is 35.4. The lowest BCUT2D eigenvalue weighted by Crippen LogP contribution is -2.44. The topological polar surface area (TPSA) is 119 Å². The van der Waals surface area contributed by atoms with Gasteiger partial charge >= 0.3 is 11.9 Å². The van der Waals surface area contributed by atoms with Gasteiger partial charge in [0.05, 0.1) is 13.2 Å². The zero-order chi connectivity index (χ0) is 23.2. The molecule has 0 aromatic heterocycles. The van der Waals surface area contributed by atoms with Crippen molar-refractivity contribution in [3.8, 4) is 0 Å². The summed E-state index contributed by atoms with van der Waals surface area (Å²) in [5.74, 6) is -3.20. The lowest BCUT2D eigenvalue weighted by molar-refractivity contribution is -0.159. The van der Waals surface area contributed by atoms with Gasteiger partial charge in [-0.05, 0) is 50.9 Å². The molecule has 0 spiro atoms. The first-order chi connectivity index (χ1) is 15.5. The van der Waals surface area contributed by atoms with Gasteiger partial charge in [0.1, 0.15) is 0 Å². The van der Waals surface area contributed by atoms with E-state index in [1.54, 1.807) is 0 Å². The molecular weight excluding hydrogens is 414 g/mol. The quantitative estimate of drug-likeness (QED) is 0.502. The van der Waals surface area contributed by atoms with E-state index in [9.17, 15) is 4.79 Å². The van der Waals surface area contributed by atoms with Crippen LogP contribution in [0.2, 0.25) is 0 Å². The van der Waals surface area contributed by atoms with Gasteiger partial charge in [0, 0.05) is 32.1 Å². The van der Waals surface area contributed by atoms with Crippen molar-refractivity contribution in [3.63, 3.8) is 0 Å². The molecule has 2 aliphatic heterocycles. The Balaban J connectivity index is 0.000000534. The van der Waals surface area contributed by atoms with E-state index in [1.165, 1.54) is 12.0 Å². The van der Waals surface area contributed by atoms with Gasteiger partial charge in [0.15, 0.2) is 0 Å². The predicted molar refractivity (Wildman–Crippen MR) is 119 cm³/mol. The number of benzene rings is 1. The van der Waals surface area contributed by atoms with E-state index in [0.717, 1.165) is 78.3 Å². The summed E-state index contributed by atoms with van der Waals surface area (Å²) in [5, 5.41) is 17.9. The van der Waals surface area contributed by atoms with Crippen LogP contribution < -0.4 is 5.32 Å². The molecule has 1 aromatic rings. The molecule has 0 bridgehead atoms. The molecule has 0 aliphatic carbocycles. The number of nitrogens with zero attached hydrogens (tertiary/aromatic N) is 2. The number of likely N-dealkylation sites (tertiary alicyclic amines) is 1. The first kappa shape index (κ1) is 25.8. The summed E-state index contributed by atoms with van der Waals surface area (Å²) in [6.45, 7) is 8.54. The molecule has 3 rings (SSSR count). The van der Waals surface area contributed by atoms with Crippen molar-refractivity contribution in [2.45, 2.75) is 25.7 Å². The van der Waals surface area contributed by atoms with Gasteiger partial charge < -0.3 is 25.2 Å². The molecule has 0 radical (unpaired) electrons. The Bertz CT molecular complexity index is 689. The standard InChI is InChI=1S/C21H33N3O2.C2H2O4/c25-21(22-10-14-24-15-17-26-18-16-24)20-8-12-23(13-9-20)11-4-7-19-5-2-1-3-6-19;3-1(4)2(5)6/h1-3,5-6,20H,4,7-18H2,(H,22,25);(H,3,4)(H,5,6). The Morgan fingerprint density at radius 2 is 1.50 bits per heavy atom. The highest BCUT2D eigenvalue weighted by Gasteiger charge is 2.24. The second-order valence-corrected chi connectivity index (χ2v) is 8.06. The van der Waals surface area contributed by atoms with Crippen molar-refractivity contribution in [1.82, 2.24) is 15.1 Å². The Hall–Kier alpha value is -2.49. The van der Waals surface area contributed by atoms with Crippen molar-refractivity contribution in [3.05, 3.63) is 35.9 Å². The molecule has 178 valence electrons. The van der Waals surface area contributed by atoms with Gasteiger partial charge in [0.25, 0.3) is 0 Å². The number of morpholine rings is 1. The van der Waals surface area contributed by atoms with Crippen LogP contribution in [-0.4, -0.2) is 96.9 Å². The maximum absolute atomic E-state index is 12.4. The minimum absolute atomic E-state index is 0.199. The molecule has 0 unspecified atom stereocenters. The van der Waals surface area contributed by atoms with Crippen LogP contribution in [0.3, 0.4) is 0 Å². The van der Waals surface area contributed by atoms with Crippen LogP contribution in [0.1, 0.15) is 24.8 Å². The van der Waals surface area contributed by atoms with E-state index in [0.29, 0.717) is 0 Å². The zero-order valence-corrected chi connectivity index (χ0v) is 18.6. The van der Waals surface area contributed by atoms with Crippen molar-refractivity contribution < 1.29 is 29.3 Å². The van der Waals surface area contributed by atoms with Gasteiger partial charge in [-0.1, -0.05) is 30.3 Å². The Labute approximate surface area is 189 Å². The molecule has 0 atom stereocenters. The molecule has 2 saturated heterocycles. The summed E-state index contributed by atoms with van der Waals surface area (Å²) in [6, 6.07) is 10.7. The molecule has 2 heterocycles. The van der Waals surface area contributed by atoms with E-state index >= 15 is 0 Å². The van der Waals surface area contributed by atoms with Gasteiger partial charge in [0.2, 0.25) is 5.91 Å². The fourth-order valence-corrected chi connectivity index (χ4v) is 3.88. The van der Waals surface area contributed by atoms with Crippen LogP contribution in [-0.2, 0) is 25.5 Å². The van der Waals surface area contributed by atoms with E-state index in [2.05, 4.69) is 45.4 Å². The number of carbonyl (C=O) groups is 3. The smallest absolute Gasteiger partial charge is 0.414 e. The summed E-state index contributed by atoms with van der Waals surface area (Å²) in [5.41, 5.74) is 1.42. The predicted octanol–water partition coefficient (Wildman–Crippen LogP) is 0.935. The maximum Gasteiger partial charge on any atom is 0.414 e. The number of aliphatic carboxylic acids is 2. The molecule has 32 heavy (non-hydrogen) atoms. The Morgan fingerprint density at radius 3 is 2.09 bits per heavy atom. The number of piperidine rings is 1. The Morgan fingerprint density at radius 1 is 0.906 bits per heavy atom. The SMILES string of the molecule is O=C(NCCN1CCOCC1)C1CCN(CCCc2ccccc2)CC1.O=C(O)C(=O)O. The molecular formula is C23H35N3O6. The van der Waals surface area contributed by atoms with Crippen LogP contribution >= 0.6 is 0 Å². The fourth-order valence-electron chi connectivity index (χ4n) is 3.88. The second-order valence-electron chi connectivity index (χ2n) is 8.06. The molecule has 1 aromatic carbocycles. The van der Waals surface area contributed by atoms with Crippen molar-refractivity contribution in [2.24, 2.45) is 5.92 Å². The highest BCUT2D eigenvalue weighted by Crippen LogP contribution is 2.18. The zero-order valence-electron chi connectivity index (χ0n) is 18.6. The van der Waals surface area contributed by atoms with Crippen LogP contribution in [0, 0.1) is 5.92 Å². The first-order valence-electron chi connectivity index (χ1n) is 11.3. The molecule has 9 heteroatoms. The third kappa shape index (κ3) is 10.2. The number of hydrogen-bond acceptors (Lipinski definition) is 6. The third-order valence-electron chi connectivity index (χ3n) is 5.75. The summed E-state index contributed by atoms with van der Waals surface area (Å²) in [6.07, 6.45) is 4.33. The second kappa shape index (κ2) is 14.5. The number of carboxylic acids is 2. The van der Waals surface area contributed by atoms with Crippen molar-refractivity contribution in [2.75, 3.05) is 59.0 Å². The average molecular weight is 450 g/mol. The fraction of sp³-hybridized carbons (Fsp3) is 0.609. The minimum atomic E-state index is -1.82. The number of amides is 1. The van der Waals surface area contributed by atoms with Crippen molar-refractivity contribution in [1.29, 1.82) is 0 Å². The van der Waals surface area contributed by atoms with Crippen LogP contribution in [0.15, 0.2) is 30.3 Å². The number of aryl methyl sites for hydroxylation is 1. The molecule has 9 nitrogen and oxygen atoms in total. The number of ether oxygens (including phenoxy) is 1. The highest BCUT2D eigenvalue weighted by molar-refractivity contribution is 6.27. The summed E-state index contributed by atoms with van der Waals surface area (Å²) < 4.78 is 5.35. The average Bonchev–Trinajstić information content (AvgIpc) is 2.81. The monoisotopic (exact) mass is 449 g/mol. The third-order valence-corrected chi connectivity index (χ3v) is 5.75. The van der Waals surface area contributed by atoms with Crippen molar-refractivity contribution >= 4 is 17.8 Å². The van der Waals surface area contributed by atoms with Gasteiger partial charge in [-0.3, -0.25) is 9.69 Å². The Kier molecular flexibility index (Phi) is 11.7. The first-order valence-corrected chi connectivity index (χ1v) is 11.3. The van der Waals surface area contributed by atoms with Crippen LogP contribution in [0.25, 0.3) is 0 Å². The summed E-state index contributed by atoms with van der Waals surface area (Å²) in [7, 11) is 0. The maximum atomic E-state index is 12.4. The number of carboxylic acid groups (broad SMARTS) is 2. The molecule has 1 amide bonds. The number of hydrogen-bond donors (Lipinski definition) is 3. The largest absolute Gasteiger partial charge is 0.473 e.